The summed E-state index contributed by atoms with van der Waals surface area (Å²) in [6, 6.07) is 4.58. The van der Waals surface area contributed by atoms with Crippen molar-refractivity contribution in [3.63, 3.8) is 0 Å². The van der Waals surface area contributed by atoms with Crippen molar-refractivity contribution in [2.24, 2.45) is 7.05 Å². The maximum Gasteiger partial charge on any atom is 0.254 e. The molecule has 0 amide bonds. The van der Waals surface area contributed by atoms with Gasteiger partial charge in [0.15, 0.2) is 0 Å². The van der Waals surface area contributed by atoms with Gasteiger partial charge >= 0.3 is 0 Å². The summed E-state index contributed by atoms with van der Waals surface area (Å²) < 4.78 is 14.8. The molecule has 1 aromatic carbocycles. The molecule has 96 valence electrons. The molecule has 3 nitrogen and oxygen atoms in total. The maximum atomic E-state index is 13.3. The first-order valence-electron chi connectivity index (χ1n) is 5.98. The fourth-order valence-electron chi connectivity index (χ4n) is 2.28. The Balaban J connectivity index is 2.75. The number of pyridine rings is 1. The zero-order chi connectivity index (χ0) is 13.3. The minimum Gasteiger partial charge on any atom is -0.319 e. The van der Waals surface area contributed by atoms with E-state index >= 15 is 0 Å². The van der Waals surface area contributed by atoms with Crippen LogP contribution >= 0.6 is 0 Å². The summed E-state index contributed by atoms with van der Waals surface area (Å²) in [6.45, 7) is 2.68. The highest BCUT2D eigenvalue weighted by atomic mass is 19.1. The highest BCUT2D eigenvalue weighted by Gasteiger charge is 2.12. The van der Waals surface area contributed by atoms with Crippen LogP contribution in [-0.4, -0.2) is 18.2 Å². The average Bonchev–Trinajstić information content (AvgIpc) is 2.36. The smallest absolute Gasteiger partial charge is 0.254 e. The SMILES string of the molecule is CNCCc1c(C)c2ccc(F)cc2n(C)c1=O. The molecule has 2 aromatic rings. The molecular weight excluding hydrogens is 231 g/mol. The zero-order valence-electron chi connectivity index (χ0n) is 10.9. The van der Waals surface area contributed by atoms with Crippen molar-refractivity contribution in [3.8, 4) is 0 Å². The molecule has 0 saturated heterocycles. The number of hydrogen-bond acceptors (Lipinski definition) is 2. The molecule has 2 rings (SSSR count). The van der Waals surface area contributed by atoms with E-state index in [2.05, 4.69) is 5.32 Å². The molecule has 0 atom stereocenters. The molecule has 0 aliphatic carbocycles. The number of aromatic nitrogens is 1. The van der Waals surface area contributed by atoms with Gasteiger partial charge in [-0.3, -0.25) is 4.79 Å². The average molecular weight is 248 g/mol. The van der Waals surface area contributed by atoms with Gasteiger partial charge in [-0.05, 0) is 50.7 Å². The number of benzene rings is 1. The van der Waals surface area contributed by atoms with Crippen LogP contribution in [0.4, 0.5) is 4.39 Å². The summed E-state index contributed by atoms with van der Waals surface area (Å²) in [5.41, 5.74) is 2.35. The molecule has 0 bridgehead atoms. The fourth-order valence-corrected chi connectivity index (χ4v) is 2.28. The lowest BCUT2D eigenvalue weighted by molar-refractivity contribution is 0.628. The van der Waals surface area contributed by atoms with E-state index < -0.39 is 0 Å². The summed E-state index contributed by atoms with van der Waals surface area (Å²) in [6.07, 6.45) is 0.683. The maximum absolute atomic E-state index is 13.3. The largest absolute Gasteiger partial charge is 0.319 e. The Bertz CT molecular complexity index is 646. The fraction of sp³-hybridized carbons (Fsp3) is 0.357. The van der Waals surface area contributed by atoms with Crippen molar-refractivity contribution in [1.29, 1.82) is 0 Å². The van der Waals surface area contributed by atoms with Crippen molar-refractivity contribution in [2.75, 3.05) is 13.6 Å². The molecular formula is C14H17FN2O. The molecule has 0 aliphatic rings. The highest BCUT2D eigenvalue weighted by Crippen LogP contribution is 2.20. The summed E-state index contributed by atoms with van der Waals surface area (Å²) in [4.78, 5) is 12.2. The Hall–Kier alpha value is -1.68. The number of nitrogens with zero attached hydrogens (tertiary/aromatic N) is 1. The molecule has 0 aliphatic heterocycles. The van der Waals surface area contributed by atoms with Crippen molar-refractivity contribution in [1.82, 2.24) is 9.88 Å². The molecule has 0 saturated carbocycles. The van der Waals surface area contributed by atoms with Crippen LogP contribution in [-0.2, 0) is 13.5 Å². The van der Waals surface area contributed by atoms with Gasteiger partial charge in [-0.15, -0.1) is 0 Å². The third-order valence-electron chi connectivity index (χ3n) is 3.37. The summed E-state index contributed by atoms with van der Waals surface area (Å²) >= 11 is 0. The highest BCUT2D eigenvalue weighted by molar-refractivity contribution is 5.83. The van der Waals surface area contributed by atoms with Crippen LogP contribution in [0.15, 0.2) is 23.0 Å². The van der Waals surface area contributed by atoms with Gasteiger partial charge in [-0.1, -0.05) is 0 Å². The molecule has 18 heavy (non-hydrogen) atoms. The van der Waals surface area contributed by atoms with Crippen LogP contribution in [0, 0.1) is 12.7 Å². The third-order valence-corrected chi connectivity index (χ3v) is 3.37. The lowest BCUT2D eigenvalue weighted by atomic mass is 10.0. The summed E-state index contributed by atoms with van der Waals surface area (Å²) in [5, 5.41) is 3.97. The third kappa shape index (κ3) is 2.04. The first-order chi connectivity index (χ1) is 8.56. The minimum atomic E-state index is -0.320. The van der Waals surface area contributed by atoms with Crippen LogP contribution in [0.1, 0.15) is 11.1 Å². The van der Waals surface area contributed by atoms with E-state index in [1.54, 1.807) is 13.1 Å². The van der Waals surface area contributed by atoms with Crippen molar-refractivity contribution in [3.05, 3.63) is 45.5 Å². The van der Waals surface area contributed by atoms with Gasteiger partial charge in [0, 0.05) is 18.0 Å². The van der Waals surface area contributed by atoms with Crippen LogP contribution in [0.3, 0.4) is 0 Å². The number of hydrogen-bond donors (Lipinski definition) is 1. The number of fused-ring (bicyclic) bond motifs is 1. The summed E-state index contributed by atoms with van der Waals surface area (Å²) in [5.74, 6) is -0.320. The number of rotatable bonds is 3. The van der Waals surface area contributed by atoms with Crippen LogP contribution in [0.25, 0.3) is 10.9 Å². The molecule has 0 radical (unpaired) electrons. The van der Waals surface area contributed by atoms with Gasteiger partial charge in [0.25, 0.3) is 5.56 Å². The lowest BCUT2D eigenvalue weighted by Crippen LogP contribution is -2.25. The van der Waals surface area contributed by atoms with E-state index in [1.807, 2.05) is 14.0 Å². The van der Waals surface area contributed by atoms with E-state index in [-0.39, 0.29) is 11.4 Å². The van der Waals surface area contributed by atoms with Crippen molar-refractivity contribution < 1.29 is 4.39 Å². The summed E-state index contributed by atoms with van der Waals surface area (Å²) in [7, 11) is 3.54. The van der Waals surface area contributed by atoms with Crippen LogP contribution in [0.2, 0.25) is 0 Å². The van der Waals surface area contributed by atoms with Gasteiger partial charge in [-0.2, -0.15) is 0 Å². The van der Waals surface area contributed by atoms with E-state index in [9.17, 15) is 9.18 Å². The van der Waals surface area contributed by atoms with E-state index in [1.165, 1.54) is 16.7 Å². The predicted octanol–water partition coefficient (Wildman–Crippen LogP) is 1.75. The minimum absolute atomic E-state index is 0.0409. The van der Waals surface area contributed by atoms with Crippen LogP contribution < -0.4 is 10.9 Å². The van der Waals surface area contributed by atoms with Crippen molar-refractivity contribution >= 4 is 10.9 Å². The normalized spacial score (nSPS) is 11.1. The topological polar surface area (TPSA) is 34.0 Å². The van der Waals surface area contributed by atoms with Crippen LogP contribution in [0.5, 0.6) is 0 Å². The van der Waals surface area contributed by atoms with Gasteiger partial charge in [0.05, 0.1) is 5.52 Å². The zero-order valence-corrected chi connectivity index (χ0v) is 10.9. The quantitative estimate of drug-likeness (QED) is 0.898. The number of aryl methyl sites for hydroxylation is 2. The van der Waals surface area contributed by atoms with Gasteiger partial charge < -0.3 is 9.88 Å². The predicted molar refractivity (Wildman–Crippen MR) is 71.5 cm³/mol. The Morgan fingerprint density at radius 3 is 2.78 bits per heavy atom. The Labute approximate surface area is 105 Å². The van der Waals surface area contributed by atoms with Gasteiger partial charge in [0.1, 0.15) is 5.82 Å². The van der Waals surface area contributed by atoms with E-state index in [0.29, 0.717) is 11.9 Å². The standard InChI is InChI=1S/C14H17FN2O/c1-9-11-5-4-10(15)8-13(11)17(3)14(18)12(9)6-7-16-2/h4-5,8,16H,6-7H2,1-3H3. The van der Waals surface area contributed by atoms with Gasteiger partial charge in [0.2, 0.25) is 0 Å². The second-order valence-corrected chi connectivity index (χ2v) is 4.48. The van der Waals surface area contributed by atoms with E-state index in [0.717, 1.165) is 23.1 Å². The molecule has 1 aromatic heterocycles. The van der Waals surface area contributed by atoms with Gasteiger partial charge in [-0.25, -0.2) is 4.39 Å². The first kappa shape index (κ1) is 12.8. The Kier molecular flexibility index (Phi) is 3.48. The lowest BCUT2D eigenvalue weighted by Gasteiger charge is -2.13. The number of halogens is 1. The molecule has 0 unspecified atom stereocenters. The number of likely N-dealkylation sites (N-methyl/N-ethyl adjacent to an activating group) is 1. The first-order valence-corrected chi connectivity index (χ1v) is 5.98. The monoisotopic (exact) mass is 248 g/mol. The number of nitrogens with one attached hydrogen (secondary N) is 1. The Morgan fingerprint density at radius 2 is 2.11 bits per heavy atom. The molecule has 1 heterocycles. The van der Waals surface area contributed by atoms with Crippen molar-refractivity contribution in [2.45, 2.75) is 13.3 Å². The second kappa shape index (κ2) is 4.90. The molecule has 4 heteroatoms. The van der Waals surface area contributed by atoms with E-state index in [4.69, 9.17) is 0 Å². The molecule has 0 spiro atoms. The second-order valence-electron chi connectivity index (χ2n) is 4.48. The molecule has 0 fully saturated rings. The Morgan fingerprint density at radius 1 is 1.39 bits per heavy atom. The molecule has 1 N–H and O–H groups in total.